The Labute approximate surface area is 197 Å². The van der Waals surface area contributed by atoms with Crippen molar-refractivity contribution >= 4 is 34.7 Å². The molecular weight excluding hydrogens is 467 g/mol. The molecule has 1 aliphatic heterocycles. The van der Waals surface area contributed by atoms with Crippen LogP contribution in [0.15, 0.2) is 18.3 Å². The molecule has 35 heavy (non-hydrogen) atoms. The zero-order valence-electron chi connectivity index (χ0n) is 18.5. The maximum atomic E-state index is 14.4. The van der Waals surface area contributed by atoms with E-state index in [0.717, 1.165) is 0 Å². The van der Waals surface area contributed by atoms with Gasteiger partial charge in [0, 0.05) is 24.1 Å². The molecule has 2 aliphatic rings. The molecule has 2 fully saturated rings. The minimum Gasteiger partial charge on any atom is -0.388 e. The number of anilines is 3. The third kappa shape index (κ3) is 4.60. The second-order valence-corrected chi connectivity index (χ2v) is 8.84. The van der Waals surface area contributed by atoms with Crippen molar-refractivity contribution < 1.29 is 27.8 Å². The summed E-state index contributed by atoms with van der Waals surface area (Å²) in [6.07, 6.45) is 2.94. The number of hydrogen-bond donors (Lipinski definition) is 4. The smallest absolute Gasteiger partial charge is 0.225 e. The van der Waals surface area contributed by atoms with E-state index in [1.165, 1.54) is 6.20 Å². The topological polar surface area (TPSA) is 140 Å². The van der Waals surface area contributed by atoms with Crippen molar-refractivity contribution in [2.75, 3.05) is 23.8 Å². The number of ether oxygens (including phenoxy) is 1. The van der Waals surface area contributed by atoms with E-state index in [9.17, 15) is 23.1 Å². The summed E-state index contributed by atoms with van der Waals surface area (Å²) in [6.45, 7) is 0.485. The van der Waals surface area contributed by atoms with Gasteiger partial charge in [-0.3, -0.25) is 9.36 Å². The van der Waals surface area contributed by atoms with Crippen molar-refractivity contribution in [2.45, 2.75) is 43.9 Å². The second-order valence-electron chi connectivity index (χ2n) is 8.84. The molecule has 0 radical (unpaired) electrons. The fraction of sp³-hybridized carbons (Fsp3) is 0.455. The van der Waals surface area contributed by atoms with Crippen molar-refractivity contribution in [1.29, 1.82) is 0 Å². The predicted molar refractivity (Wildman–Crippen MR) is 119 cm³/mol. The number of nitrogens with two attached hydrogens (primary N) is 1. The second kappa shape index (κ2) is 9.30. The van der Waals surface area contributed by atoms with Gasteiger partial charge in [0.05, 0.1) is 31.6 Å². The molecule has 3 aromatic rings. The number of aliphatic hydroxyl groups is 1. The minimum absolute atomic E-state index is 0.0996. The summed E-state index contributed by atoms with van der Waals surface area (Å²) in [4.78, 5) is 24.9. The molecule has 13 heteroatoms. The van der Waals surface area contributed by atoms with E-state index >= 15 is 0 Å². The summed E-state index contributed by atoms with van der Waals surface area (Å²) >= 11 is 0. The lowest BCUT2D eigenvalue weighted by Gasteiger charge is -2.29. The lowest BCUT2D eigenvalue weighted by molar-refractivity contribution is -0.122. The van der Waals surface area contributed by atoms with Gasteiger partial charge in [-0.2, -0.15) is 4.98 Å². The standard InChI is InChI=1S/C22H24F3N7O3/c23-11-5-13(24)18(14(25)6-11)30-22-29-15-7-27-21(28-16-8-35-9-17(16)33)31-20(15)32(22)12-3-1-10(2-4-12)19(26)34/h5-7,10,12,16-17,33H,1-4,8-9H2,(H2,26,34)(H,29,30)(H,27,28,31)/t10?,12?,16?,17-/m1/s1. The first-order valence-electron chi connectivity index (χ1n) is 11.3. The number of aliphatic hydroxyl groups excluding tert-OH is 1. The Bertz CT molecular complexity index is 1240. The molecule has 1 unspecified atom stereocenters. The Morgan fingerprint density at radius 1 is 1.11 bits per heavy atom. The van der Waals surface area contributed by atoms with Gasteiger partial charge in [-0.1, -0.05) is 0 Å². The van der Waals surface area contributed by atoms with Crippen LogP contribution in [0.25, 0.3) is 11.2 Å². The Morgan fingerprint density at radius 3 is 2.46 bits per heavy atom. The highest BCUT2D eigenvalue weighted by molar-refractivity contribution is 5.78. The van der Waals surface area contributed by atoms with E-state index in [2.05, 4.69) is 25.6 Å². The van der Waals surface area contributed by atoms with Gasteiger partial charge in [0.25, 0.3) is 0 Å². The van der Waals surface area contributed by atoms with Gasteiger partial charge in [-0.15, -0.1) is 0 Å². The Kier molecular flexibility index (Phi) is 6.19. The summed E-state index contributed by atoms with van der Waals surface area (Å²) in [5.41, 5.74) is 5.67. The van der Waals surface area contributed by atoms with Crippen molar-refractivity contribution in [2.24, 2.45) is 11.7 Å². The van der Waals surface area contributed by atoms with Gasteiger partial charge in [-0.25, -0.2) is 23.1 Å². The van der Waals surface area contributed by atoms with Gasteiger partial charge in [0.2, 0.25) is 17.8 Å². The number of nitrogens with one attached hydrogen (secondary N) is 2. The van der Waals surface area contributed by atoms with E-state index in [1.807, 2.05) is 0 Å². The quantitative estimate of drug-likeness (QED) is 0.412. The average molecular weight is 491 g/mol. The Hall–Kier alpha value is -3.45. The van der Waals surface area contributed by atoms with Crippen LogP contribution in [0.3, 0.4) is 0 Å². The van der Waals surface area contributed by atoms with Gasteiger partial charge >= 0.3 is 0 Å². The zero-order valence-corrected chi connectivity index (χ0v) is 18.5. The summed E-state index contributed by atoms with van der Waals surface area (Å²) in [6, 6.07) is 0.559. The number of fused-ring (bicyclic) bond motifs is 1. The molecular formula is C22H24F3N7O3. The number of hydrogen-bond acceptors (Lipinski definition) is 8. The third-order valence-electron chi connectivity index (χ3n) is 6.51. The van der Waals surface area contributed by atoms with Crippen molar-refractivity contribution in [3.63, 3.8) is 0 Å². The lowest BCUT2D eigenvalue weighted by atomic mass is 9.85. The molecule has 5 rings (SSSR count). The number of carbonyl (C=O) groups is 1. The molecule has 186 valence electrons. The van der Waals surface area contributed by atoms with Crippen molar-refractivity contribution in [1.82, 2.24) is 19.5 Å². The van der Waals surface area contributed by atoms with Gasteiger partial charge < -0.3 is 26.2 Å². The highest BCUT2D eigenvalue weighted by atomic mass is 19.1. The molecule has 10 nitrogen and oxygen atoms in total. The summed E-state index contributed by atoms with van der Waals surface area (Å²) in [5, 5.41) is 15.7. The lowest BCUT2D eigenvalue weighted by Crippen LogP contribution is -2.32. The van der Waals surface area contributed by atoms with Gasteiger partial charge in [0.1, 0.15) is 17.0 Å². The highest BCUT2D eigenvalue weighted by Gasteiger charge is 2.31. The first-order chi connectivity index (χ1) is 16.8. The van der Waals surface area contributed by atoms with E-state index in [1.54, 1.807) is 4.57 Å². The largest absolute Gasteiger partial charge is 0.388 e. The summed E-state index contributed by atoms with van der Waals surface area (Å²) < 4.78 is 49.1. The number of benzene rings is 1. The van der Waals surface area contributed by atoms with E-state index in [0.29, 0.717) is 49.0 Å². The van der Waals surface area contributed by atoms with Crippen LogP contribution in [0.5, 0.6) is 0 Å². The highest BCUT2D eigenvalue weighted by Crippen LogP contribution is 2.37. The molecule has 1 amide bonds. The van der Waals surface area contributed by atoms with E-state index in [-0.39, 0.29) is 43.0 Å². The van der Waals surface area contributed by atoms with Crippen LogP contribution in [0.2, 0.25) is 0 Å². The molecule has 1 aliphatic carbocycles. The van der Waals surface area contributed by atoms with Crippen LogP contribution < -0.4 is 16.4 Å². The predicted octanol–water partition coefficient (Wildman–Crippen LogP) is 2.38. The number of aromatic nitrogens is 4. The van der Waals surface area contributed by atoms with Crippen molar-refractivity contribution in [3.8, 4) is 0 Å². The fourth-order valence-electron chi connectivity index (χ4n) is 4.63. The monoisotopic (exact) mass is 491 g/mol. The van der Waals surface area contributed by atoms with Crippen LogP contribution in [0, 0.1) is 23.4 Å². The summed E-state index contributed by atoms with van der Waals surface area (Å²) in [5.74, 6) is -3.54. The molecule has 3 heterocycles. The first kappa shape index (κ1) is 23.3. The Balaban J connectivity index is 1.54. The summed E-state index contributed by atoms with van der Waals surface area (Å²) in [7, 11) is 0. The van der Waals surface area contributed by atoms with Crippen LogP contribution in [-0.2, 0) is 9.53 Å². The molecule has 2 atom stereocenters. The average Bonchev–Trinajstić information content (AvgIpc) is 3.38. The molecule has 0 bridgehead atoms. The number of carbonyl (C=O) groups excluding carboxylic acids is 1. The third-order valence-corrected chi connectivity index (χ3v) is 6.51. The van der Waals surface area contributed by atoms with E-state index in [4.69, 9.17) is 10.5 Å². The van der Waals surface area contributed by atoms with Crippen LogP contribution in [0.1, 0.15) is 31.7 Å². The van der Waals surface area contributed by atoms with Crippen molar-refractivity contribution in [3.05, 3.63) is 35.8 Å². The zero-order chi connectivity index (χ0) is 24.7. The van der Waals surface area contributed by atoms with Gasteiger partial charge in [0.15, 0.2) is 17.3 Å². The number of primary amides is 1. The maximum absolute atomic E-state index is 14.4. The molecule has 1 saturated heterocycles. The SMILES string of the molecule is NC(=O)C1CCC(n2c(Nc3c(F)cc(F)cc3F)nc3cnc(NC4COC[C@H]4O)nc32)CC1. The first-order valence-corrected chi connectivity index (χ1v) is 11.3. The maximum Gasteiger partial charge on any atom is 0.225 e. The minimum atomic E-state index is -1.11. The van der Waals surface area contributed by atoms with Crippen LogP contribution in [-0.4, -0.2) is 55.9 Å². The fourth-order valence-corrected chi connectivity index (χ4v) is 4.63. The normalized spacial score (nSPS) is 24.6. The molecule has 2 aromatic heterocycles. The van der Waals surface area contributed by atoms with Gasteiger partial charge in [-0.05, 0) is 25.7 Å². The number of amides is 1. The molecule has 1 aromatic carbocycles. The Morgan fingerprint density at radius 2 is 1.83 bits per heavy atom. The van der Waals surface area contributed by atoms with E-state index < -0.39 is 35.3 Å². The molecule has 0 spiro atoms. The molecule has 1 saturated carbocycles. The number of rotatable bonds is 6. The number of imidazole rings is 1. The molecule has 5 N–H and O–H groups in total. The van der Waals surface area contributed by atoms with Crippen LogP contribution in [0.4, 0.5) is 30.8 Å². The number of nitrogens with zero attached hydrogens (tertiary/aromatic N) is 4. The van der Waals surface area contributed by atoms with Crippen LogP contribution >= 0.6 is 0 Å². The number of halogens is 3.